The van der Waals surface area contributed by atoms with Crippen LogP contribution in [0.15, 0.2) is 76.0 Å². The van der Waals surface area contributed by atoms with Crippen molar-refractivity contribution in [2.24, 2.45) is 5.92 Å². The van der Waals surface area contributed by atoms with Gasteiger partial charge in [0.1, 0.15) is 17.4 Å². The van der Waals surface area contributed by atoms with Gasteiger partial charge in [-0.3, -0.25) is 14.4 Å². The molecule has 0 aliphatic rings. The summed E-state index contributed by atoms with van der Waals surface area (Å²) in [7, 11) is -0.757. The monoisotopic (exact) mass is 607 g/mol. The topological polar surface area (TPSA) is 155 Å². The number of benzene rings is 3. The summed E-state index contributed by atoms with van der Waals surface area (Å²) in [6, 6.07) is 16.9. The summed E-state index contributed by atoms with van der Waals surface area (Å²) in [6.45, 7) is 4.84. The van der Waals surface area contributed by atoms with Gasteiger partial charge < -0.3 is 24.5 Å². The Hall–Kier alpha value is -4.68. The minimum absolute atomic E-state index is 0.0499. The van der Waals surface area contributed by atoms with Gasteiger partial charge >= 0.3 is 5.97 Å². The van der Waals surface area contributed by atoms with Gasteiger partial charge in [-0.1, -0.05) is 44.2 Å². The van der Waals surface area contributed by atoms with Crippen LogP contribution >= 0.6 is 0 Å². The van der Waals surface area contributed by atoms with E-state index in [2.05, 4.69) is 10.0 Å². The van der Waals surface area contributed by atoms with Gasteiger partial charge in [-0.2, -0.15) is 4.72 Å². The second-order valence-electron chi connectivity index (χ2n) is 10.5. The molecule has 3 N–H and O–H groups in total. The molecule has 0 fully saturated rings. The lowest BCUT2D eigenvalue weighted by atomic mass is 10.1. The van der Waals surface area contributed by atoms with Crippen LogP contribution in [0.4, 0.5) is 5.69 Å². The second kappa shape index (κ2) is 12.7. The molecule has 43 heavy (non-hydrogen) atoms. The van der Waals surface area contributed by atoms with Gasteiger partial charge in [-0.25, -0.2) is 8.42 Å². The zero-order valence-electron chi connectivity index (χ0n) is 24.4. The maximum absolute atomic E-state index is 13.1. The molecule has 0 aliphatic carbocycles. The number of likely N-dealkylation sites (N-methyl/N-ethyl adjacent to an activating group) is 1. The lowest BCUT2D eigenvalue weighted by Crippen LogP contribution is -2.44. The maximum atomic E-state index is 13.1. The number of aliphatic carboxylic acids is 1. The van der Waals surface area contributed by atoms with E-state index < -0.39 is 33.9 Å². The first kappa shape index (κ1) is 31.3. The van der Waals surface area contributed by atoms with Crippen LogP contribution in [0.1, 0.15) is 30.0 Å². The van der Waals surface area contributed by atoms with Crippen LogP contribution in [0.25, 0.3) is 22.1 Å². The van der Waals surface area contributed by atoms with E-state index in [-0.39, 0.29) is 23.2 Å². The Bertz CT molecular complexity index is 1760. The van der Waals surface area contributed by atoms with Crippen LogP contribution in [0, 0.1) is 12.8 Å². The van der Waals surface area contributed by atoms with E-state index in [1.54, 1.807) is 89.5 Å². The number of ether oxygens (including phenoxy) is 1. The molecule has 0 bridgehead atoms. The molecule has 3 aromatic carbocycles. The Kier molecular flexibility index (Phi) is 9.22. The lowest BCUT2D eigenvalue weighted by Gasteiger charge is -2.18. The molecular formula is C31H33N3O8S. The van der Waals surface area contributed by atoms with Gasteiger partial charge in [-0.15, -0.1) is 0 Å². The number of anilines is 1. The van der Waals surface area contributed by atoms with Crippen LogP contribution in [0.3, 0.4) is 0 Å². The van der Waals surface area contributed by atoms with E-state index in [4.69, 9.17) is 9.15 Å². The molecule has 1 aromatic heterocycles. The number of carboxylic acid groups (broad SMARTS) is 1. The fourth-order valence-corrected chi connectivity index (χ4v) is 5.68. The highest BCUT2D eigenvalue weighted by atomic mass is 32.2. The molecule has 1 heterocycles. The van der Waals surface area contributed by atoms with E-state index in [1.165, 1.54) is 17.0 Å². The lowest BCUT2D eigenvalue weighted by molar-refractivity contribution is -0.140. The van der Waals surface area contributed by atoms with Gasteiger partial charge in [0.05, 0.1) is 10.3 Å². The number of nitrogens with one attached hydrogen (secondary N) is 2. The number of hydrogen-bond donors (Lipinski definition) is 3. The number of carbonyl (C=O) groups excluding carboxylic acids is 2. The Balaban J connectivity index is 1.47. The van der Waals surface area contributed by atoms with Crippen LogP contribution in [-0.4, -0.2) is 63.0 Å². The highest BCUT2D eigenvalue weighted by Crippen LogP contribution is 2.34. The van der Waals surface area contributed by atoms with Crippen molar-refractivity contribution in [2.45, 2.75) is 31.7 Å². The maximum Gasteiger partial charge on any atom is 0.322 e. The number of furan rings is 1. The molecule has 0 saturated carbocycles. The van der Waals surface area contributed by atoms with Gasteiger partial charge in [0.25, 0.3) is 11.8 Å². The van der Waals surface area contributed by atoms with Gasteiger partial charge in [0.15, 0.2) is 12.4 Å². The van der Waals surface area contributed by atoms with Crippen molar-refractivity contribution in [1.82, 2.24) is 9.62 Å². The predicted molar refractivity (Wildman–Crippen MR) is 162 cm³/mol. The van der Waals surface area contributed by atoms with Gasteiger partial charge in [0, 0.05) is 25.3 Å². The zero-order valence-corrected chi connectivity index (χ0v) is 25.2. The number of nitrogens with zero attached hydrogens (tertiary/aromatic N) is 1. The Morgan fingerprint density at radius 2 is 1.56 bits per heavy atom. The third-order valence-electron chi connectivity index (χ3n) is 6.83. The summed E-state index contributed by atoms with van der Waals surface area (Å²) < 4.78 is 39.2. The standard InChI is InChI=1S/C31H33N3O8S/c1-18(2)28(31(37)38)33-43(39,40)23-15-11-21(12-16-23)20-9-13-22(14-10-20)32-30(36)29-19(3)27-24(7-6-8-25(27)42-29)41-17-26(35)34(4)5/h6-16,18,28,33H,17H2,1-5H3,(H,32,36)(H,37,38)/t28-/m0/s1. The molecule has 0 radical (unpaired) electrons. The summed E-state index contributed by atoms with van der Waals surface area (Å²) in [6.07, 6.45) is 0. The minimum atomic E-state index is -4.03. The molecule has 0 spiro atoms. The predicted octanol–water partition coefficient (Wildman–Crippen LogP) is 4.52. The Morgan fingerprint density at radius 1 is 0.953 bits per heavy atom. The van der Waals surface area contributed by atoms with E-state index in [0.29, 0.717) is 28.0 Å². The highest BCUT2D eigenvalue weighted by molar-refractivity contribution is 7.89. The summed E-state index contributed by atoms with van der Waals surface area (Å²) in [5.41, 5.74) is 3.04. The molecule has 1 atom stereocenters. The SMILES string of the molecule is Cc1c(C(=O)Nc2ccc(-c3ccc(S(=O)(=O)N[C@H](C(=O)O)C(C)C)cc3)cc2)oc2cccc(OCC(=O)N(C)C)c12. The van der Waals surface area contributed by atoms with Crippen molar-refractivity contribution < 1.29 is 37.1 Å². The average molecular weight is 608 g/mol. The fourth-order valence-electron chi connectivity index (χ4n) is 4.34. The van der Waals surface area contributed by atoms with Crippen molar-refractivity contribution in [1.29, 1.82) is 0 Å². The van der Waals surface area contributed by atoms with Gasteiger partial charge in [-0.05, 0) is 60.4 Å². The third kappa shape index (κ3) is 7.04. The van der Waals surface area contributed by atoms with Crippen molar-refractivity contribution in [3.63, 3.8) is 0 Å². The first-order valence-corrected chi connectivity index (χ1v) is 14.9. The number of carboxylic acids is 1. The number of rotatable bonds is 11. The number of carbonyl (C=O) groups is 3. The smallest absolute Gasteiger partial charge is 0.322 e. The van der Waals surface area contributed by atoms with Crippen molar-refractivity contribution in [2.75, 3.05) is 26.0 Å². The van der Waals surface area contributed by atoms with E-state index in [0.717, 1.165) is 11.1 Å². The molecule has 2 amide bonds. The van der Waals surface area contributed by atoms with Crippen molar-refractivity contribution >= 4 is 44.5 Å². The number of hydrogen-bond acceptors (Lipinski definition) is 7. The summed E-state index contributed by atoms with van der Waals surface area (Å²) in [5, 5.41) is 12.8. The molecule has 12 heteroatoms. The van der Waals surface area contributed by atoms with Crippen molar-refractivity contribution in [3.05, 3.63) is 78.1 Å². The largest absolute Gasteiger partial charge is 0.483 e. The molecule has 4 aromatic rings. The molecule has 0 aliphatic heterocycles. The van der Waals surface area contributed by atoms with Crippen LogP contribution in [-0.2, 0) is 19.6 Å². The Morgan fingerprint density at radius 3 is 2.12 bits per heavy atom. The summed E-state index contributed by atoms with van der Waals surface area (Å²) in [5.74, 6) is -1.79. The number of sulfonamides is 1. The number of amides is 2. The van der Waals surface area contributed by atoms with Crippen LogP contribution in [0.5, 0.6) is 5.75 Å². The molecule has 226 valence electrons. The molecule has 4 rings (SSSR count). The molecule has 11 nitrogen and oxygen atoms in total. The van der Waals surface area contributed by atoms with Crippen molar-refractivity contribution in [3.8, 4) is 16.9 Å². The van der Waals surface area contributed by atoms with Crippen LogP contribution < -0.4 is 14.8 Å². The quantitative estimate of drug-likeness (QED) is 0.225. The average Bonchev–Trinajstić information content (AvgIpc) is 3.31. The summed E-state index contributed by atoms with van der Waals surface area (Å²) >= 11 is 0. The second-order valence-corrected chi connectivity index (χ2v) is 12.2. The van der Waals surface area contributed by atoms with Crippen LogP contribution in [0.2, 0.25) is 0 Å². The minimum Gasteiger partial charge on any atom is -0.483 e. The summed E-state index contributed by atoms with van der Waals surface area (Å²) in [4.78, 5) is 37.9. The molecule has 0 unspecified atom stereocenters. The highest BCUT2D eigenvalue weighted by Gasteiger charge is 2.28. The van der Waals surface area contributed by atoms with E-state index >= 15 is 0 Å². The first-order chi connectivity index (χ1) is 20.3. The molecular weight excluding hydrogens is 574 g/mol. The van der Waals surface area contributed by atoms with E-state index in [1.807, 2.05) is 0 Å². The number of aryl methyl sites for hydroxylation is 1. The third-order valence-corrected chi connectivity index (χ3v) is 8.28. The zero-order chi connectivity index (χ0) is 31.5. The normalized spacial score (nSPS) is 12.2. The first-order valence-electron chi connectivity index (χ1n) is 13.4. The molecule has 0 saturated heterocycles. The van der Waals surface area contributed by atoms with Gasteiger partial charge in [0.2, 0.25) is 10.0 Å². The Labute approximate surface area is 249 Å². The fraction of sp³-hybridized carbons (Fsp3) is 0.258. The number of fused-ring (bicyclic) bond motifs is 1. The van der Waals surface area contributed by atoms with E-state index in [9.17, 15) is 27.9 Å².